The molecule has 0 aliphatic heterocycles. The topological polar surface area (TPSA) is 0 Å². The van der Waals surface area contributed by atoms with Crippen LogP contribution in [0.15, 0.2) is 24.3 Å². The molecule has 0 bridgehead atoms. The fourth-order valence-electron chi connectivity index (χ4n) is 0.511. The van der Waals surface area contributed by atoms with Crippen molar-refractivity contribution in [2.24, 2.45) is 0 Å². The van der Waals surface area contributed by atoms with E-state index in [1.165, 1.54) is 6.08 Å². The van der Waals surface area contributed by atoms with E-state index in [1.807, 2.05) is 38.1 Å². The van der Waals surface area contributed by atoms with Gasteiger partial charge in [0.1, 0.15) is 0 Å². The summed E-state index contributed by atoms with van der Waals surface area (Å²) in [5, 5.41) is 0. The average Bonchev–Trinajstić information content (AvgIpc) is 2.10. The van der Waals surface area contributed by atoms with Crippen LogP contribution in [0, 0.1) is 43.8 Å². The van der Waals surface area contributed by atoms with Gasteiger partial charge in [-0.3, -0.25) is 0 Å². The Bertz CT molecular complexity index is 167. The van der Waals surface area contributed by atoms with Crippen LogP contribution in [0.4, 0.5) is 0 Å². The molecule has 0 nitrogen and oxygen atoms in total. The third-order valence-corrected chi connectivity index (χ3v) is 0.913. The second-order valence-electron chi connectivity index (χ2n) is 1.48. The zero-order valence-corrected chi connectivity index (χ0v) is 11.1. The van der Waals surface area contributed by atoms with Crippen LogP contribution in [-0.4, -0.2) is 0 Å². The molecule has 0 radical (unpaired) electrons. The zero-order valence-electron chi connectivity index (χ0n) is 6.96. The molecule has 0 aromatic heterocycles. The van der Waals surface area contributed by atoms with E-state index in [0.29, 0.717) is 0 Å². The standard InChI is InChI=1S/C8H6.C2H6.U/c1-2-8-6-4-3-5-7-8;1-2;/h1-6H;1-2H3;/q-2;;+2. The Morgan fingerprint density at radius 3 is 2.27 bits per heavy atom. The number of rotatable bonds is 1. The van der Waals surface area contributed by atoms with Crippen molar-refractivity contribution in [2.75, 3.05) is 0 Å². The Morgan fingerprint density at radius 2 is 2.00 bits per heavy atom. The number of hydrogen-bond acceptors (Lipinski definition) is 0. The first kappa shape index (κ1) is 13.6. The molecule has 1 heteroatoms. The summed E-state index contributed by atoms with van der Waals surface area (Å²) in [4.78, 5) is 0. The van der Waals surface area contributed by atoms with Crippen LogP contribution in [0.25, 0.3) is 6.08 Å². The van der Waals surface area contributed by atoms with Gasteiger partial charge in [-0.15, -0.1) is 6.07 Å². The van der Waals surface area contributed by atoms with Crippen LogP contribution in [0.5, 0.6) is 0 Å². The zero-order chi connectivity index (χ0) is 7.82. The minimum Gasteiger partial charge on any atom is -0.344 e. The summed E-state index contributed by atoms with van der Waals surface area (Å²) in [5.74, 6) is 0. The first-order valence-electron chi connectivity index (χ1n) is 3.45. The van der Waals surface area contributed by atoms with Crippen LogP contribution in [0.2, 0.25) is 0 Å². The first-order chi connectivity index (χ1) is 4.93. The van der Waals surface area contributed by atoms with E-state index < -0.39 is 0 Å². The van der Waals surface area contributed by atoms with Crippen molar-refractivity contribution in [1.82, 2.24) is 0 Å². The van der Waals surface area contributed by atoms with Gasteiger partial charge in [0, 0.05) is 0 Å². The summed E-state index contributed by atoms with van der Waals surface area (Å²) < 4.78 is 0. The molecule has 1 rings (SSSR count). The smallest absolute Gasteiger partial charge is 0.344 e. The Hall–Kier alpha value is 0.0119. The maximum Gasteiger partial charge on any atom is 2.00 e. The predicted octanol–water partition coefficient (Wildman–Crippen LogP) is 2.96. The third kappa shape index (κ3) is 6.41. The largest absolute Gasteiger partial charge is 2.00 e. The summed E-state index contributed by atoms with van der Waals surface area (Å²) in [5.41, 5.74) is 0.938. The van der Waals surface area contributed by atoms with Crippen molar-refractivity contribution in [3.8, 4) is 0 Å². The van der Waals surface area contributed by atoms with E-state index in [9.17, 15) is 0 Å². The molecule has 11 heavy (non-hydrogen) atoms. The molecular formula is C10H12U. The molecule has 0 atom stereocenters. The Labute approximate surface area is 93.1 Å². The SMILES string of the molecule is CC.[CH-]=Cc1[c-]cccc1.[U+2]. The fraction of sp³-hybridized carbons (Fsp3) is 0.200. The van der Waals surface area contributed by atoms with Gasteiger partial charge in [-0.2, -0.15) is 12.1 Å². The van der Waals surface area contributed by atoms with Gasteiger partial charge in [0.25, 0.3) is 0 Å². The molecule has 0 unspecified atom stereocenters. The maximum atomic E-state index is 5.19. The second-order valence-corrected chi connectivity index (χ2v) is 1.48. The monoisotopic (exact) mass is 370 g/mol. The average molecular weight is 370 g/mol. The van der Waals surface area contributed by atoms with Crippen LogP contribution >= 0.6 is 0 Å². The summed E-state index contributed by atoms with van der Waals surface area (Å²) >= 11 is 0. The van der Waals surface area contributed by atoms with E-state index in [-0.39, 0.29) is 31.1 Å². The minimum absolute atomic E-state index is 0. The summed E-state index contributed by atoms with van der Waals surface area (Å²) in [6, 6.07) is 10.5. The molecule has 1 aromatic rings. The molecule has 0 aliphatic carbocycles. The number of benzene rings is 1. The van der Waals surface area contributed by atoms with Crippen molar-refractivity contribution in [2.45, 2.75) is 13.8 Å². The second kappa shape index (κ2) is 10.0. The Balaban J connectivity index is 0. The van der Waals surface area contributed by atoms with Crippen LogP contribution in [0.1, 0.15) is 19.4 Å². The molecule has 56 valence electrons. The van der Waals surface area contributed by atoms with Crippen molar-refractivity contribution in [3.05, 3.63) is 42.5 Å². The van der Waals surface area contributed by atoms with Gasteiger partial charge >= 0.3 is 31.1 Å². The minimum atomic E-state index is 0. The van der Waals surface area contributed by atoms with Crippen molar-refractivity contribution >= 4 is 6.08 Å². The molecule has 0 heterocycles. The summed E-state index contributed by atoms with van der Waals surface area (Å²) in [7, 11) is 0. The molecule has 0 saturated heterocycles. The molecule has 0 fully saturated rings. The normalized spacial score (nSPS) is 6.73. The predicted molar refractivity (Wildman–Crippen MR) is 45.4 cm³/mol. The van der Waals surface area contributed by atoms with Gasteiger partial charge in [0.15, 0.2) is 0 Å². The van der Waals surface area contributed by atoms with Crippen LogP contribution in [0.3, 0.4) is 0 Å². The molecule has 0 saturated carbocycles. The summed E-state index contributed by atoms with van der Waals surface area (Å²) in [6.07, 6.45) is 1.53. The van der Waals surface area contributed by atoms with E-state index in [4.69, 9.17) is 6.58 Å². The first-order valence-corrected chi connectivity index (χ1v) is 3.45. The van der Waals surface area contributed by atoms with Gasteiger partial charge in [-0.1, -0.05) is 13.8 Å². The van der Waals surface area contributed by atoms with E-state index in [1.54, 1.807) is 0 Å². The molecule has 0 aliphatic rings. The van der Waals surface area contributed by atoms with Crippen LogP contribution in [-0.2, 0) is 0 Å². The molecule has 1 aromatic carbocycles. The van der Waals surface area contributed by atoms with E-state index in [2.05, 4.69) is 6.07 Å². The van der Waals surface area contributed by atoms with Gasteiger partial charge in [-0.25, -0.2) is 12.1 Å². The third-order valence-electron chi connectivity index (χ3n) is 0.913. The molecule has 0 spiro atoms. The van der Waals surface area contributed by atoms with Crippen molar-refractivity contribution < 1.29 is 31.1 Å². The fourth-order valence-corrected chi connectivity index (χ4v) is 0.511. The van der Waals surface area contributed by atoms with Crippen molar-refractivity contribution in [3.63, 3.8) is 0 Å². The van der Waals surface area contributed by atoms with Gasteiger partial charge in [-0.05, 0) is 0 Å². The molecule has 0 amide bonds. The van der Waals surface area contributed by atoms with Gasteiger partial charge in [0.05, 0.1) is 0 Å². The van der Waals surface area contributed by atoms with Gasteiger partial charge in [0.2, 0.25) is 0 Å². The number of hydrogen-bond donors (Lipinski definition) is 0. The molecule has 0 N–H and O–H groups in total. The van der Waals surface area contributed by atoms with Gasteiger partial charge < -0.3 is 18.2 Å². The Morgan fingerprint density at radius 1 is 1.36 bits per heavy atom. The Kier molecular flexibility index (Phi) is 12.4. The van der Waals surface area contributed by atoms with Crippen molar-refractivity contribution in [1.29, 1.82) is 0 Å². The van der Waals surface area contributed by atoms with Crippen LogP contribution < -0.4 is 0 Å². The van der Waals surface area contributed by atoms with E-state index in [0.717, 1.165) is 5.56 Å². The van der Waals surface area contributed by atoms with E-state index >= 15 is 0 Å². The maximum absolute atomic E-state index is 5.19. The summed E-state index contributed by atoms with van der Waals surface area (Å²) in [6.45, 7) is 9.19. The quantitative estimate of drug-likeness (QED) is 0.667. The molecular weight excluding hydrogens is 358 g/mol.